The maximum atomic E-state index is 13.6. The van der Waals surface area contributed by atoms with Crippen molar-refractivity contribution in [1.29, 1.82) is 0 Å². The van der Waals surface area contributed by atoms with Crippen LogP contribution in [0, 0.1) is 12.7 Å². The Morgan fingerprint density at radius 1 is 1.00 bits per heavy atom. The zero-order valence-electron chi connectivity index (χ0n) is 22.2. The number of nitrogens with zero attached hydrogens (tertiary/aromatic N) is 4. The maximum absolute atomic E-state index is 13.6. The molecule has 5 rings (SSSR count). The fraction of sp³-hybridized carbons (Fsp3) is 0.333. The van der Waals surface area contributed by atoms with Crippen molar-refractivity contribution in [2.24, 2.45) is 0 Å². The molecule has 1 saturated heterocycles. The fourth-order valence-electron chi connectivity index (χ4n) is 4.23. The van der Waals surface area contributed by atoms with Gasteiger partial charge >= 0.3 is 0 Å². The minimum Gasteiger partial charge on any atom is -0.378 e. The van der Waals surface area contributed by atoms with E-state index in [9.17, 15) is 9.18 Å². The van der Waals surface area contributed by atoms with Gasteiger partial charge in [-0.3, -0.25) is 9.78 Å². The summed E-state index contributed by atoms with van der Waals surface area (Å²) in [5, 5.41) is 2.99. The van der Waals surface area contributed by atoms with Crippen LogP contribution in [0.25, 0.3) is 22.3 Å². The molecule has 4 aromatic rings. The molecule has 7 nitrogen and oxygen atoms in total. The van der Waals surface area contributed by atoms with Gasteiger partial charge in [0, 0.05) is 42.7 Å². The van der Waals surface area contributed by atoms with Crippen molar-refractivity contribution in [2.45, 2.75) is 33.6 Å². The first-order chi connectivity index (χ1) is 18.6. The standard InChI is InChI=1S/C28H28FN5O2.C2H6/c1-19-4-5-20(18-31-19)3-2-12-30-28(35)22-8-11-24-25(17-22)32-26(21-6-9-23(29)10-7-21)27(33-24)34-13-15-36-16-14-34;1-2/h4-11,17-18H,2-3,12-16H2,1H3,(H,30,35);1-2H3. The molecule has 2 aromatic heterocycles. The predicted octanol–water partition coefficient (Wildman–Crippen LogP) is 5.36. The lowest BCUT2D eigenvalue weighted by Crippen LogP contribution is -2.37. The number of rotatable bonds is 7. The zero-order valence-corrected chi connectivity index (χ0v) is 22.2. The van der Waals surface area contributed by atoms with E-state index < -0.39 is 0 Å². The number of hydrogen-bond acceptors (Lipinski definition) is 6. The Kier molecular flexibility index (Phi) is 9.32. The lowest BCUT2D eigenvalue weighted by atomic mass is 10.1. The first kappa shape index (κ1) is 27.1. The second kappa shape index (κ2) is 13.1. The first-order valence-corrected chi connectivity index (χ1v) is 13.2. The number of carbonyl (C=O) groups excluding carboxylic acids is 1. The number of benzene rings is 2. The van der Waals surface area contributed by atoms with Gasteiger partial charge in [0.25, 0.3) is 5.91 Å². The second-order valence-corrected chi connectivity index (χ2v) is 8.87. The highest BCUT2D eigenvalue weighted by atomic mass is 19.1. The third-order valence-electron chi connectivity index (χ3n) is 6.24. The van der Waals surface area contributed by atoms with Crippen molar-refractivity contribution < 1.29 is 13.9 Å². The molecule has 3 heterocycles. The molecule has 0 radical (unpaired) electrons. The summed E-state index contributed by atoms with van der Waals surface area (Å²) in [5.41, 5.74) is 5.42. The topological polar surface area (TPSA) is 80.2 Å². The Bertz CT molecular complexity index is 1350. The maximum Gasteiger partial charge on any atom is 0.251 e. The predicted molar refractivity (Wildman–Crippen MR) is 149 cm³/mol. The number of pyridine rings is 1. The summed E-state index contributed by atoms with van der Waals surface area (Å²) in [5.74, 6) is 0.277. The zero-order chi connectivity index (χ0) is 26.9. The third-order valence-corrected chi connectivity index (χ3v) is 6.24. The number of morpholine rings is 1. The average molecular weight is 516 g/mol. The quantitative estimate of drug-likeness (QED) is 0.334. The number of nitrogens with one attached hydrogen (secondary N) is 1. The molecule has 1 N–H and O–H groups in total. The molecule has 0 saturated carbocycles. The van der Waals surface area contributed by atoms with Gasteiger partial charge in [-0.25, -0.2) is 14.4 Å². The summed E-state index contributed by atoms with van der Waals surface area (Å²) in [6.07, 6.45) is 3.55. The summed E-state index contributed by atoms with van der Waals surface area (Å²) >= 11 is 0. The molecule has 2 aromatic carbocycles. The fourth-order valence-corrected chi connectivity index (χ4v) is 4.23. The van der Waals surface area contributed by atoms with Gasteiger partial charge in [-0.2, -0.15) is 0 Å². The Hall–Kier alpha value is -3.91. The molecule has 38 heavy (non-hydrogen) atoms. The van der Waals surface area contributed by atoms with Crippen LogP contribution in [0.4, 0.5) is 10.2 Å². The van der Waals surface area contributed by atoms with Crippen LogP contribution < -0.4 is 10.2 Å². The second-order valence-electron chi connectivity index (χ2n) is 8.87. The van der Waals surface area contributed by atoms with Crippen LogP contribution in [0.15, 0.2) is 60.8 Å². The summed E-state index contributed by atoms with van der Waals surface area (Å²) in [6, 6.07) is 15.7. The molecule has 0 spiro atoms. The molecule has 8 heteroatoms. The lowest BCUT2D eigenvalue weighted by Gasteiger charge is -2.29. The molecule has 1 fully saturated rings. The van der Waals surface area contributed by atoms with Crippen LogP contribution in [-0.2, 0) is 11.2 Å². The molecule has 0 bridgehead atoms. The number of fused-ring (bicyclic) bond motifs is 1. The molecular formula is C30H34FN5O2. The van der Waals surface area contributed by atoms with Crippen molar-refractivity contribution in [3.63, 3.8) is 0 Å². The minimum atomic E-state index is -0.307. The van der Waals surface area contributed by atoms with E-state index in [1.165, 1.54) is 12.1 Å². The Morgan fingerprint density at radius 3 is 2.47 bits per heavy atom. The van der Waals surface area contributed by atoms with Gasteiger partial charge in [0.05, 0.1) is 24.2 Å². The van der Waals surface area contributed by atoms with Gasteiger partial charge in [-0.15, -0.1) is 0 Å². The van der Waals surface area contributed by atoms with Crippen LogP contribution in [-0.4, -0.2) is 53.7 Å². The van der Waals surface area contributed by atoms with E-state index in [-0.39, 0.29) is 11.7 Å². The highest BCUT2D eigenvalue weighted by Gasteiger charge is 2.20. The number of hydrogen-bond donors (Lipinski definition) is 1. The number of halogens is 1. The van der Waals surface area contributed by atoms with Crippen molar-refractivity contribution >= 4 is 22.8 Å². The van der Waals surface area contributed by atoms with Gasteiger partial charge in [0.2, 0.25) is 0 Å². The highest BCUT2D eigenvalue weighted by Crippen LogP contribution is 2.30. The molecule has 0 unspecified atom stereocenters. The van der Waals surface area contributed by atoms with Gasteiger partial charge in [-0.1, -0.05) is 19.9 Å². The Balaban J connectivity index is 0.00000164. The van der Waals surface area contributed by atoms with E-state index in [2.05, 4.69) is 21.3 Å². The molecule has 1 aliphatic rings. The van der Waals surface area contributed by atoms with Gasteiger partial charge < -0.3 is 15.0 Å². The number of aryl methyl sites for hydroxylation is 2. The number of ether oxygens (including phenoxy) is 1. The third kappa shape index (κ3) is 6.69. The van der Waals surface area contributed by atoms with Crippen LogP contribution in [0.1, 0.15) is 41.9 Å². The highest BCUT2D eigenvalue weighted by molar-refractivity contribution is 5.97. The van der Waals surface area contributed by atoms with Gasteiger partial charge in [-0.05, 0) is 73.9 Å². The van der Waals surface area contributed by atoms with Crippen molar-refractivity contribution in [3.8, 4) is 11.3 Å². The number of aromatic nitrogens is 3. The molecule has 0 aliphatic carbocycles. The van der Waals surface area contributed by atoms with E-state index >= 15 is 0 Å². The number of carbonyl (C=O) groups is 1. The minimum absolute atomic E-state index is 0.152. The summed E-state index contributed by atoms with van der Waals surface area (Å²) in [6.45, 7) is 9.16. The summed E-state index contributed by atoms with van der Waals surface area (Å²) in [7, 11) is 0. The van der Waals surface area contributed by atoms with Crippen LogP contribution in [0.5, 0.6) is 0 Å². The number of anilines is 1. The number of amides is 1. The van der Waals surface area contributed by atoms with E-state index in [0.29, 0.717) is 55.1 Å². The van der Waals surface area contributed by atoms with Crippen molar-refractivity contribution in [1.82, 2.24) is 20.3 Å². The molecule has 0 atom stereocenters. The average Bonchev–Trinajstić information content (AvgIpc) is 2.97. The lowest BCUT2D eigenvalue weighted by molar-refractivity contribution is 0.0953. The van der Waals surface area contributed by atoms with Crippen LogP contribution in [0.2, 0.25) is 0 Å². The largest absolute Gasteiger partial charge is 0.378 e. The van der Waals surface area contributed by atoms with Crippen LogP contribution >= 0.6 is 0 Å². The normalized spacial score (nSPS) is 13.1. The smallest absolute Gasteiger partial charge is 0.251 e. The molecular weight excluding hydrogens is 481 g/mol. The first-order valence-electron chi connectivity index (χ1n) is 13.2. The molecule has 198 valence electrons. The SMILES string of the molecule is CC.Cc1ccc(CCCNC(=O)c2ccc3nc(N4CCOCC4)c(-c4ccc(F)cc4)nc3c2)cn1. The van der Waals surface area contributed by atoms with E-state index in [4.69, 9.17) is 14.7 Å². The molecule has 1 amide bonds. The van der Waals surface area contributed by atoms with Crippen LogP contribution in [0.3, 0.4) is 0 Å². The van der Waals surface area contributed by atoms with Gasteiger partial charge in [0.1, 0.15) is 11.5 Å². The molecule has 1 aliphatic heterocycles. The van der Waals surface area contributed by atoms with Crippen molar-refractivity contribution in [2.75, 3.05) is 37.7 Å². The van der Waals surface area contributed by atoms with E-state index in [0.717, 1.165) is 35.5 Å². The van der Waals surface area contributed by atoms with Crippen molar-refractivity contribution in [3.05, 3.63) is 83.4 Å². The van der Waals surface area contributed by atoms with E-state index in [1.54, 1.807) is 24.3 Å². The van der Waals surface area contributed by atoms with E-state index in [1.807, 2.05) is 39.1 Å². The Morgan fingerprint density at radius 2 is 1.76 bits per heavy atom. The summed E-state index contributed by atoms with van der Waals surface area (Å²) < 4.78 is 19.1. The monoisotopic (exact) mass is 515 g/mol. The summed E-state index contributed by atoms with van der Waals surface area (Å²) in [4.78, 5) is 29.0. The van der Waals surface area contributed by atoms with Gasteiger partial charge in [0.15, 0.2) is 5.82 Å². The Labute approximate surface area is 223 Å².